The van der Waals surface area contributed by atoms with Crippen LogP contribution in [0.15, 0.2) is 45.9 Å². The van der Waals surface area contributed by atoms with Crippen molar-refractivity contribution < 1.29 is 9.90 Å². The Morgan fingerprint density at radius 3 is 2.78 bits per heavy atom. The van der Waals surface area contributed by atoms with Crippen LogP contribution in [-0.2, 0) is 6.54 Å². The molecule has 2 aromatic rings. The number of carboxylic acids is 1. The highest BCUT2D eigenvalue weighted by molar-refractivity contribution is 9.10. The van der Waals surface area contributed by atoms with Crippen LogP contribution in [0.4, 0.5) is 0 Å². The fourth-order valence-electron chi connectivity index (χ4n) is 1.45. The Balaban J connectivity index is 2.26. The summed E-state index contributed by atoms with van der Waals surface area (Å²) < 4.78 is 1.97. The Kier molecular flexibility index (Phi) is 3.57. The Hall–Kier alpha value is -1.95. The van der Waals surface area contributed by atoms with E-state index in [9.17, 15) is 9.59 Å². The predicted octanol–water partition coefficient (Wildman–Crippen LogP) is 1.75. The quantitative estimate of drug-likeness (QED) is 0.937. The molecule has 0 saturated carbocycles. The molecule has 0 fully saturated rings. The molecule has 2 heterocycles. The zero-order valence-corrected chi connectivity index (χ0v) is 10.8. The number of carbonyl (C=O) groups is 1. The second-order valence-electron chi connectivity index (χ2n) is 3.63. The van der Waals surface area contributed by atoms with Crippen LogP contribution < -0.4 is 5.56 Å². The summed E-state index contributed by atoms with van der Waals surface area (Å²) >= 11 is 3.16. The minimum absolute atomic E-state index is 0.125. The Morgan fingerprint density at radius 2 is 2.17 bits per heavy atom. The van der Waals surface area contributed by atoms with Crippen molar-refractivity contribution >= 4 is 21.9 Å². The first-order chi connectivity index (χ1) is 8.58. The van der Waals surface area contributed by atoms with Gasteiger partial charge in [0.15, 0.2) is 0 Å². The predicted molar refractivity (Wildman–Crippen MR) is 68.7 cm³/mol. The minimum atomic E-state index is -1.02. The van der Waals surface area contributed by atoms with E-state index in [1.54, 1.807) is 24.4 Å². The number of pyridine rings is 2. The van der Waals surface area contributed by atoms with Crippen molar-refractivity contribution in [3.8, 4) is 0 Å². The van der Waals surface area contributed by atoms with E-state index in [4.69, 9.17) is 5.11 Å². The van der Waals surface area contributed by atoms with E-state index >= 15 is 0 Å². The molecule has 0 spiro atoms. The largest absolute Gasteiger partial charge is 0.478 e. The first-order valence-electron chi connectivity index (χ1n) is 5.11. The number of hydrogen-bond acceptors (Lipinski definition) is 3. The maximum Gasteiger partial charge on any atom is 0.337 e. The van der Waals surface area contributed by atoms with E-state index < -0.39 is 5.97 Å². The molecule has 5 nitrogen and oxygen atoms in total. The number of rotatable bonds is 3. The number of carboxylic acid groups (broad SMARTS) is 1. The van der Waals surface area contributed by atoms with Gasteiger partial charge in [-0.25, -0.2) is 4.79 Å². The smallest absolute Gasteiger partial charge is 0.337 e. The molecule has 6 heteroatoms. The second-order valence-corrected chi connectivity index (χ2v) is 4.49. The van der Waals surface area contributed by atoms with Gasteiger partial charge in [0.1, 0.15) is 0 Å². The fourth-order valence-corrected chi connectivity index (χ4v) is 1.83. The third-order valence-corrected chi connectivity index (χ3v) is 2.98. The molecule has 18 heavy (non-hydrogen) atoms. The van der Waals surface area contributed by atoms with Gasteiger partial charge < -0.3 is 9.67 Å². The molecule has 92 valence electrons. The van der Waals surface area contributed by atoms with Crippen LogP contribution in [-0.4, -0.2) is 20.6 Å². The van der Waals surface area contributed by atoms with Gasteiger partial charge in [-0.05, 0) is 40.2 Å². The van der Waals surface area contributed by atoms with Crippen molar-refractivity contribution in [1.82, 2.24) is 9.55 Å². The summed E-state index contributed by atoms with van der Waals surface area (Å²) in [5, 5.41) is 8.74. The number of nitrogens with zero attached hydrogens (tertiary/aromatic N) is 2. The monoisotopic (exact) mass is 308 g/mol. The van der Waals surface area contributed by atoms with Crippen LogP contribution in [0.1, 0.15) is 16.1 Å². The molecule has 0 radical (unpaired) electrons. The SMILES string of the molecule is O=C(O)c1ccc(Cn2cccc(Br)c2=O)nc1. The number of aromatic carboxylic acids is 1. The van der Waals surface area contributed by atoms with Gasteiger partial charge in [0, 0.05) is 12.4 Å². The van der Waals surface area contributed by atoms with E-state index in [0.29, 0.717) is 16.7 Å². The lowest BCUT2D eigenvalue weighted by Crippen LogP contribution is -2.20. The Labute approximate surface area is 111 Å². The summed E-state index contributed by atoms with van der Waals surface area (Å²) in [5.41, 5.74) is 0.599. The summed E-state index contributed by atoms with van der Waals surface area (Å²) in [6.45, 7) is 0.304. The van der Waals surface area contributed by atoms with E-state index in [1.165, 1.54) is 16.8 Å². The van der Waals surface area contributed by atoms with Crippen molar-refractivity contribution in [2.24, 2.45) is 0 Å². The molecular formula is C12H9BrN2O3. The van der Waals surface area contributed by atoms with Gasteiger partial charge in [0.05, 0.1) is 22.3 Å². The maximum absolute atomic E-state index is 11.7. The molecule has 2 aromatic heterocycles. The lowest BCUT2D eigenvalue weighted by molar-refractivity contribution is 0.0696. The highest BCUT2D eigenvalue weighted by Gasteiger charge is 2.05. The fraction of sp³-hybridized carbons (Fsp3) is 0.0833. The first-order valence-corrected chi connectivity index (χ1v) is 5.90. The maximum atomic E-state index is 11.7. The molecular weight excluding hydrogens is 300 g/mol. The number of hydrogen-bond donors (Lipinski definition) is 1. The lowest BCUT2D eigenvalue weighted by atomic mass is 10.2. The molecule has 0 amide bonds. The van der Waals surface area contributed by atoms with Crippen molar-refractivity contribution in [3.05, 3.63) is 62.7 Å². The van der Waals surface area contributed by atoms with E-state index in [1.807, 2.05) is 0 Å². The summed E-state index contributed by atoms with van der Waals surface area (Å²) in [6.07, 6.45) is 2.93. The van der Waals surface area contributed by atoms with E-state index in [0.717, 1.165) is 0 Å². The van der Waals surface area contributed by atoms with Crippen LogP contribution in [0.25, 0.3) is 0 Å². The Morgan fingerprint density at radius 1 is 1.39 bits per heavy atom. The van der Waals surface area contributed by atoms with Gasteiger partial charge in [0.2, 0.25) is 0 Å². The van der Waals surface area contributed by atoms with Crippen LogP contribution in [0.2, 0.25) is 0 Å². The lowest BCUT2D eigenvalue weighted by Gasteiger charge is -2.05. The molecule has 0 aliphatic carbocycles. The average Bonchev–Trinajstić information content (AvgIpc) is 2.36. The molecule has 0 unspecified atom stereocenters. The third-order valence-electron chi connectivity index (χ3n) is 2.38. The molecule has 2 rings (SSSR count). The van der Waals surface area contributed by atoms with E-state index in [-0.39, 0.29) is 11.1 Å². The van der Waals surface area contributed by atoms with Gasteiger partial charge in [-0.3, -0.25) is 9.78 Å². The summed E-state index contributed by atoms with van der Waals surface area (Å²) in [6, 6.07) is 6.47. The van der Waals surface area contributed by atoms with Crippen molar-refractivity contribution in [2.45, 2.75) is 6.54 Å². The summed E-state index contributed by atoms with van der Waals surface area (Å²) in [5.74, 6) is -1.02. The number of halogens is 1. The van der Waals surface area contributed by atoms with Crippen molar-refractivity contribution in [2.75, 3.05) is 0 Å². The second kappa shape index (κ2) is 5.14. The standard InChI is InChI=1S/C12H9BrN2O3/c13-10-2-1-5-15(11(10)16)7-9-4-3-8(6-14-9)12(17)18/h1-6H,7H2,(H,17,18). The highest BCUT2D eigenvalue weighted by Crippen LogP contribution is 2.04. The zero-order chi connectivity index (χ0) is 13.1. The highest BCUT2D eigenvalue weighted by atomic mass is 79.9. The van der Waals surface area contributed by atoms with Gasteiger partial charge >= 0.3 is 5.97 Å². The van der Waals surface area contributed by atoms with Crippen molar-refractivity contribution in [3.63, 3.8) is 0 Å². The van der Waals surface area contributed by atoms with Crippen molar-refractivity contribution in [1.29, 1.82) is 0 Å². The molecule has 1 N–H and O–H groups in total. The van der Waals surface area contributed by atoms with Gasteiger partial charge in [0.25, 0.3) is 5.56 Å². The third kappa shape index (κ3) is 2.65. The average molecular weight is 309 g/mol. The summed E-state index contributed by atoms with van der Waals surface area (Å²) in [4.78, 5) is 26.4. The summed E-state index contributed by atoms with van der Waals surface area (Å²) in [7, 11) is 0. The number of aromatic nitrogens is 2. The van der Waals surface area contributed by atoms with Crippen LogP contribution in [0.3, 0.4) is 0 Å². The molecule has 0 atom stereocenters. The van der Waals surface area contributed by atoms with Gasteiger partial charge in [-0.2, -0.15) is 0 Å². The van der Waals surface area contributed by atoms with E-state index in [2.05, 4.69) is 20.9 Å². The van der Waals surface area contributed by atoms with Gasteiger partial charge in [-0.1, -0.05) is 0 Å². The van der Waals surface area contributed by atoms with Crippen LogP contribution >= 0.6 is 15.9 Å². The minimum Gasteiger partial charge on any atom is -0.478 e. The Bertz CT molecular complexity index is 635. The molecule has 0 aliphatic rings. The molecule has 0 bridgehead atoms. The first kappa shape index (κ1) is 12.5. The molecule has 0 aromatic carbocycles. The molecule has 0 saturated heterocycles. The topological polar surface area (TPSA) is 72.2 Å². The molecule has 0 aliphatic heterocycles. The van der Waals surface area contributed by atoms with Gasteiger partial charge in [-0.15, -0.1) is 0 Å². The van der Waals surface area contributed by atoms with Crippen LogP contribution in [0.5, 0.6) is 0 Å². The normalized spacial score (nSPS) is 10.3. The zero-order valence-electron chi connectivity index (χ0n) is 9.21. The van der Waals surface area contributed by atoms with Crippen LogP contribution in [0, 0.1) is 0 Å².